The molecule has 60 valence electrons. The van der Waals surface area contributed by atoms with Crippen LogP contribution in [0.2, 0.25) is 0 Å². The zero-order valence-electron chi connectivity index (χ0n) is 7.68. The van der Waals surface area contributed by atoms with Gasteiger partial charge in [-0.25, -0.2) is 0 Å². The number of benzene rings is 1. The molecule has 0 spiro atoms. The lowest BCUT2D eigenvalue weighted by Gasteiger charge is -2.15. The number of hydrogen-bond acceptors (Lipinski definition) is 1. The van der Waals surface area contributed by atoms with E-state index in [1.807, 2.05) is 0 Å². The predicted molar refractivity (Wildman–Crippen MR) is 55.1 cm³/mol. The Balaban J connectivity index is 3.09. The molecule has 0 N–H and O–H groups in total. The first-order valence-corrected chi connectivity index (χ1v) is 4.86. The van der Waals surface area contributed by atoms with Crippen molar-refractivity contribution in [1.29, 1.82) is 0 Å². The Morgan fingerprint density at radius 1 is 1.27 bits per heavy atom. The summed E-state index contributed by atoms with van der Waals surface area (Å²) in [4.78, 5) is 2.17. The Hall–Kier alpha value is -0.763. The van der Waals surface area contributed by atoms with E-state index >= 15 is 0 Å². The van der Waals surface area contributed by atoms with Gasteiger partial charge < -0.3 is 4.90 Å². The third kappa shape index (κ3) is 1.83. The number of hydrogen-bond donors (Lipinski definition) is 0. The van der Waals surface area contributed by atoms with E-state index < -0.39 is 0 Å². The monoisotopic (exact) mass is 165 g/mol. The van der Waals surface area contributed by atoms with E-state index in [1.54, 1.807) is 0 Å². The number of rotatable bonds is 1. The van der Waals surface area contributed by atoms with Gasteiger partial charge >= 0.3 is 0 Å². The first-order chi connectivity index (χ1) is 5.11. The van der Waals surface area contributed by atoms with E-state index in [0.29, 0.717) is 0 Å². The molecule has 0 aliphatic carbocycles. The molecule has 0 radical (unpaired) electrons. The molecule has 0 saturated carbocycles. The van der Waals surface area contributed by atoms with Crippen LogP contribution in [0.1, 0.15) is 5.56 Å². The topological polar surface area (TPSA) is 3.24 Å². The number of nitrogens with zero attached hydrogens (tertiary/aromatic N) is 1. The van der Waals surface area contributed by atoms with Gasteiger partial charge in [0.05, 0.1) is 0 Å². The Bertz CT molecular complexity index is 256. The minimum absolute atomic E-state index is 1.13. The molecular formula is C9H15NSi. The van der Waals surface area contributed by atoms with Crippen molar-refractivity contribution in [2.24, 2.45) is 0 Å². The van der Waals surface area contributed by atoms with Gasteiger partial charge in [0.2, 0.25) is 0 Å². The van der Waals surface area contributed by atoms with Gasteiger partial charge in [0.1, 0.15) is 0 Å². The molecule has 2 heteroatoms. The fourth-order valence-electron chi connectivity index (χ4n) is 1.31. The van der Waals surface area contributed by atoms with E-state index in [2.05, 4.69) is 44.1 Å². The normalized spacial score (nSPS) is 10.1. The van der Waals surface area contributed by atoms with E-state index in [0.717, 1.165) is 10.2 Å². The van der Waals surface area contributed by atoms with Gasteiger partial charge in [-0.15, -0.1) is 0 Å². The second kappa shape index (κ2) is 3.09. The van der Waals surface area contributed by atoms with Crippen LogP contribution < -0.4 is 10.1 Å². The Kier molecular flexibility index (Phi) is 2.34. The predicted octanol–water partition coefficient (Wildman–Crippen LogP) is 0.0517. The SMILES string of the molecule is Cc1ccc(N(C)C)c([SiH3])c1. The highest BCUT2D eigenvalue weighted by atomic mass is 28.1. The summed E-state index contributed by atoms with van der Waals surface area (Å²) in [7, 11) is 5.31. The lowest BCUT2D eigenvalue weighted by Crippen LogP contribution is -2.19. The molecule has 1 aromatic carbocycles. The lowest BCUT2D eigenvalue weighted by molar-refractivity contribution is 1.14. The van der Waals surface area contributed by atoms with Crippen LogP contribution in [0.4, 0.5) is 5.69 Å². The van der Waals surface area contributed by atoms with Gasteiger partial charge in [0.25, 0.3) is 0 Å². The van der Waals surface area contributed by atoms with Crippen molar-refractivity contribution in [1.82, 2.24) is 0 Å². The quantitative estimate of drug-likeness (QED) is 0.532. The summed E-state index contributed by atoms with van der Waals surface area (Å²) in [5.41, 5.74) is 2.72. The molecule has 1 nitrogen and oxygen atoms in total. The van der Waals surface area contributed by atoms with E-state index in [9.17, 15) is 0 Å². The molecular weight excluding hydrogens is 150 g/mol. The smallest absolute Gasteiger partial charge is 0.0412 e. The number of aryl methyl sites for hydroxylation is 1. The van der Waals surface area contributed by atoms with Gasteiger partial charge in [-0.2, -0.15) is 0 Å². The van der Waals surface area contributed by atoms with Crippen molar-refractivity contribution < 1.29 is 0 Å². The highest BCUT2D eigenvalue weighted by Gasteiger charge is 1.98. The van der Waals surface area contributed by atoms with E-state index in [-0.39, 0.29) is 0 Å². The molecule has 0 aliphatic heterocycles. The average molecular weight is 165 g/mol. The molecule has 0 heterocycles. The fourth-order valence-corrected chi connectivity index (χ4v) is 2.38. The molecule has 0 saturated heterocycles. The second-order valence-corrected chi connectivity index (χ2v) is 4.26. The third-order valence-electron chi connectivity index (χ3n) is 1.83. The van der Waals surface area contributed by atoms with Gasteiger partial charge in [-0.3, -0.25) is 0 Å². The third-order valence-corrected chi connectivity index (χ3v) is 2.64. The van der Waals surface area contributed by atoms with Crippen LogP contribution in [-0.4, -0.2) is 24.3 Å². The Morgan fingerprint density at radius 2 is 1.91 bits per heavy atom. The molecule has 0 aromatic heterocycles. The molecule has 0 aliphatic rings. The molecule has 0 bridgehead atoms. The van der Waals surface area contributed by atoms with Gasteiger partial charge in [-0.1, -0.05) is 17.7 Å². The van der Waals surface area contributed by atoms with Crippen LogP contribution in [0.25, 0.3) is 0 Å². The molecule has 0 atom stereocenters. The fraction of sp³-hybridized carbons (Fsp3) is 0.333. The molecule has 1 aromatic rings. The zero-order valence-corrected chi connectivity index (χ0v) is 9.68. The maximum Gasteiger partial charge on any atom is 0.0412 e. The van der Waals surface area contributed by atoms with Crippen LogP contribution in [-0.2, 0) is 0 Å². The molecule has 11 heavy (non-hydrogen) atoms. The first-order valence-electron chi connectivity index (χ1n) is 3.86. The van der Waals surface area contributed by atoms with Crippen LogP contribution >= 0.6 is 0 Å². The van der Waals surface area contributed by atoms with Crippen LogP contribution in [0.3, 0.4) is 0 Å². The zero-order chi connectivity index (χ0) is 8.43. The molecule has 0 fully saturated rings. The summed E-state index contributed by atoms with van der Waals surface area (Å²) < 4.78 is 0. The summed E-state index contributed by atoms with van der Waals surface area (Å²) in [5, 5.41) is 1.48. The minimum atomic E-state index is 1.13. The lowest BCUT2D eigenvalue weighted by atomic mass is 10.2. The summed E-state index contributed by atoms with van der Waals surface area (Å²) in [6.07, 6.45) is 0. The Labute approximate surface area is 71.5 Å². The maximum absolute atomic E-state index is 2.27. The molecule has 0 unspecified atom stereocenters. The van der Waals surface area contributed by atoms with E-state index in [1.165, 1.54) is 16.4 Å². The minimum Gasteiger partial charge on any atom is -0.378 e. The van der Waals surface area contributed by atoms with Crippen molar-refractivity contribution in [3.05, 3.63) is 23.8 Å². The van der Waals surface area contributed by atoms with Gasteiger partial charge in [0.15, 0.2) is 0 Å². The summed E-state index contributed by atoms with van der Waals surface area (Å²) >= 11 is 0. The standard InChI is InChI=1S/C9H15NSi/c1-7-4-5-8(10(2)3)9(11)6-7/h4-6H,1-3,11H3. The second-order valence-electron chi connectivity index (χ2n) is 3.18. The molecule has 1 rings (SSSR count). The van der Waals surface area contributed by atoms with Crippen LogP contribution in [0, 0.1) is 6.92 Å². The van der Waals surface area contributed by atoms with Crippen LogP contribution in [0.15, 0.2) is 18.2 Å². The summed E-state index contributed by atoms with van der Waals surface area (Å²) in [6, 6.07) is 6.62. The largest absolute Gasteiger partial charge is 0.378 e. The highest BCUT2D eigenvalue weighted by Crippen LogP contribution is 2.07. The molecule has 0 amide bonds. The van der Waals surface area contributed by atoms with Crippen molar-refractivity contribution >= 4 is 21.1 Å². The summed E-state index contributed by atoms with van der Waals surface area (Å²) in [5.74, 6) is 0. The maximum atomic E-state index is 2.27. The van der Waals surface area contributed by atoms with Crippen molar-refractivity contribution in [2.75, 3.05) is 19.0 Å². The highest BCUT2D eigenvalue weighted by molar-refractivity contribution is 6.35. The van der Waals surface area contributed by atoms with Crippen molar-refractivity contribution in [3.8, 4) is 0 Å². The van der Waals surface area contributed by atoms with Crippen molar-refractivity contribution in [3.63, 3.8) is 0 Å². The first kappa shape index (κ1) is 8.33. The number of anilines is 1. The van der Waals surface area contributed by atoms with Gasteiger partial charge in [0, 0.05) is 30.0 Å². The van der Waals surface area contributed by atoms with Gasteiger partial charge in [-0.05, 0) is 18.2 Å². The Morgan fingerprint density at radius 3 is 2.36 bits per heavy atom. The average Bonchev–Trinajstić information content (AvgIpc) is 1.85. The van der Waals surface area contributed by atoms with Crippen molar-refractivity contribution in [2.45, 2.75) is 6.92 Å². The van der Waals surface area contributed by atoms with Crippen LogP contribution in [0.5, 0.6) is 0 Å². The van der Waals surface area contributed by atoms with E-state index in [4.69, 9.17) is 0 Å². The summed E-state index contributed by atoms with van der Waals surface area (Å²) in [6.45, 7) is 2.14.